The van der Waals surface area contributed by atoms with E-state index in [1.807, 2.05) is 0 Å². The van der Waals surface area contributed by atoms with E-state index in [1.54, 1.807) is 26.0 Å². The quantitative estimate of drug-likeness (QED) is 0.303. The van der Waals surface area contributed by atoms with Crippen LogP contribution in [0.1, 0.15) is 77.7 Å². The summed E-state index contributed by atoms with van der Waals surface area (Å²) in [4.78, 5) is 67.1. The zero-order valence-electron chi connectivity index (χ0n) is 24.0. The van der Waals surface area contributed by atoms with E-state index in [0.717, 1.165) is 0 Å². The van der Waals surface area contributed by atoms with E-state index < -0.39 is 59.2 Å². The zero-order chi connectivity index (χ0) is 29.4. The molecule has 0 unspecified atom stereocenters. The van der Waals surface area contributed by atoms with Crippen LogP contribution in [-0.2, 0) is 30.4 Å². The number of nitrogens with zero attached hydrogens (tertiary/aromatic N) is 1. The predicted octanol–water partition coefficient (Wildman–Crippen LogP) is 1.64. The first kappa shape index (κ1) is 34.2. The zero-order valence-corrected chi connectivity index (χ0v) is 25.0. The Kier molecular flexibility index (Phi) is 12.8. The van der Waals surface area contributed by atoms with Crippen molar-refractivity contribution in [3.8, 4) is 0 Å². The van der Waals surface area contributed by atoms with Gasteiger partial charge in [-0.15, -0.1) is 0 Å². The second kappa shape index (κ2) is 15.3. The van der Waals surface area contributed by atoms with E-state index in [9.17, 15) is 33.5 Å². The van der Waals surface area contributed by atoms with Crippen molar-refractivity contribution < 1.29 is 33.5 Å². The third-order valence-electron chi connectivity index (χ3n) is 7.95. The lowest BCUT2D eigenvalue weighted by molar-refractivity contribution is -0.144. The lowest BCUT2D eigenvalue weighted by Crippen LogP contribution is -2.65. The van der Waals surface area contributed by atoms with Crippen molar-refractivity contribution in [2.45, 2.75) is 108 Å². The van der Waals surface area contributed by atoms with Gasteiger partial charge in [0.1, 0.15) is 35.6 Å². The van der Waals surface area contributed by atoms with Crippen LogP contribution in [0.25, 0.3) is 0 Å². The molecule has 2 aliphatic rings. The van der Waals surface area contributed by atoms with E-state index in [0.29, 0.717) is 38.6 Å². The van der Waals surface area contributed by atoms with Crippen molar-refractivity contribution in [3.63, 3.8) is 0 Å². The summed E-state index contributed by atoms with van der Waals surface area (Å²) < 4.78 is 14.5. The maximum Gasteiger partial charge on any atom is 0.246 e. The molecule has 2 heterocycles. The summed E-state index contributed by atoms with van der Waals surface area (Å²) in [6.07, 6.45) is 2.24. The highest BCUT2D eigenvalue weighted by atomic mass is 32.1. The number of rotatable bonds is 10. The molecule has 228 valence electrons. The minimum absolute atomic E-state index is 0. The number of ketones is 1. The van der Waals surface area contributed by atoms with Crippen molar-refractivity contribution in [3.05, 3.63) is 35.6 Å². The van der Waals surface area contributed by atoms with Crippen LogP contribution >= 0.6 is 13.5 Å². The van der Waals surface area contributed by atoms with E-state index in [-0.39, 0.29) is 50.5 Å². The Morgan fingerprint density at radius 3 is 2.46 bits per heavy atom. The molecule has 0 aliphatic carbocycles. The SMILES string of the molecule is CC[C@]1(C)NC(=O)[C@H](CCCCCC(=O)[C@H](C)O)NC(=O)[C@H]2CCCN2C(=O)[C@H](Cc2ccccc2F)NC1=O.S. The van der Waals surface area contributed by atoms with Gasteiger partial charge in [-0.3, -0.25) is 24.0 Å². The molecule has 5 atom stereocenters. The number of fused-ring (bicyclic) bond motifs is 1. The van der Waals surface area contributed by atoms with Crippen molar-refractivity contribution in [2.24, 2.45) is 0 Å². The Bertz CT molecular complexity index is 1120. The molecule has 1 aromatic rings. The highest BCUT2D eigenvalue weighted by Gasteiger charge is 2.43. The van der Waals surface area contributed by atoms with Gasteiger partial charge in [0.15, 0.2) is 5.78 Å². The number of hydrogen-bond donors (Lipinski definition) is 4. The van der Waals surface area contributed by atoms with Gasteiger partial charge in [-0.2, -0.15) is 13.5 Å². The number of nitrogens with one attached hydrogen (secondary N) is 3. The Labute approximate surface area is 247 Å². The molecule has 2 aliphatic heterocycles. The first-order valence-electron chi connectivity index (χ1n) is 14.1. The highest BCUT2D eigenvalue weighted by molar-refractivity contribution is 7.59. The summed E-state index contributed by atoms with van der Waals surface area (Å²) in [5.41, 5.74) is -1.13. The van der Waals surface area contributed by atoms with Gasteiger partial charge in [0.25, 0.3) is 0 Å². The predicted molar refractivity (Wildman–Crippen MR) is 156 cm³/mol. The Balaban J connectivity index is 0.00000588. The van der Waals surface area contributed by atoms with Gasteiger partial charge in [0.05, 0.1) is 0 Å². The molecule has 3 rings (SSSR count). The summed E-state index contributed by atoms with van der Waals surface area (Å²) in [5, 5.41) is 17.7. The molecule has 0 saturated carbocycles. The van der Waals surface area contributed by atoms with E-state index in [4.69, 9.17) is 0 Å². The van der Waals surface area contributed by atoms with Gasteiger partial charge in [0.2, 0.25) is 23.6 Å². The fourth-order valence-electron chi connectivity index (χ4n) is 5.14. The number of unbranched alkanes of at least 4 members (excludes halogenated alkanes) is 2. The first-order chi connectivity index (χ1) is 19.0. The number of amides is 4. The molecule has 0 spiro atoms. The topological polar surface area (TPSA) is 145 Å². The van der Waals surface area contributed by atoms with Crippen LogP contribution in [0.15, 0.2) is 24.3 Å². The second-order valence-electron chi connectivity index (χ2n) is 11.0. The monoisotopic (exact) mass is 594 g/mol. The molecular weight excluding hydrogens is 551 g/mol. The standard InChI is InChI=1S/C29H41FN4O6.H2S/c1-4-29(3)28(40)32-22(17-19-11-8-9-12-20(19)30)27(39)34-16-10-14-23(34)26(38)31-21(25(37)33-29)13-6-5-7-15-24(36)18(2)35;/h8-9,11-12,18,21-23,35H,4-7,10,13-17H2,1-3H3,(H,31,38)(H,32,40)(H,33,37);1H2/t18-,21-,22-,23+,29-;/m0./s1. The van der Waals surface area contributed by atoms with Gasteiger partial charge >= 0.3 is 0 Å². The molecule has 4 N–H and O–H groups in total. The average molecular weight is 595 g/mol. The van der Waals surface area contributed by atoms with E-state index in [1.165, 1.54) is 24.0 Å². The molecule has 2 fully saturated rings. The largest absolute Gasteiger partial charge is 0.386 e. The molecule has 0 radical (unpaired) electrons. The van der Waals surface area contributed by atoms with Gasteiger partial charge in [-0.05, 0) is 57.6 Å². The third-order valence-corrected chi connectivity index (χ3v) is 7.95. The minimum Gasteiger partial charge on any atom is -0.386 e. The van der Waals surface area contributed by atoms with Crippen LogP contribution in [0, 0.1) is 5.82 Å². The molecule has 0 bridgehead atoms. The smallest absolute Gasteiger partial charge is 0.246 e. The summed E-state index contributed by atoms with van der Waals surface area (Å²) >= 11 is 0. The molecule has 41 heavy (non-hydrogen) atoms. The molecule has 12 heteroatoms. The number of carbonyl (C=O) groups is 5. The summed E-state index contributed by atoms with van der Waals surface area (Å²) in [7, 11) is 0. The number of aliphatic hydroxyl groups excluding tert-OH is 1. The van der Waals surface area contributed by atoms with Crippen molar-refractivity contribution in [1.82, 2.24) is 20.9 Å². The lowest BCUT2D eigenvalue weighted by Gasteiger charge is -2.36. The van der Waals surface area contributed by atoms with Crippen LogP contribution in [0.2, 0.25) is 0 Å². The lowest BCUT2D eigenvalue weighted by atomic mass is 9.94. The molecule has 1 aromatic carbocycles. The van der Waals surface area contributed by atoms with Crippen molar-refractivity contribution >= 4 is 42.9 Å². The maximum absolute atomic E-state index is 14.5. The summed E-state index contributed by atoms with van der Waals surface area (Å²) in [6, 6.07) is 3.13. The van der Waals surface area contributed by atoms with Gasteiger partial charge < -0.3 is 26.0 Å². The summed E-state index contributed by atoms with van der Waals surface area (Å²) in [5.74, 6) is -2.77. The number of aliphatic hydroxyl groups is 1. The number of benzene rings is 1. The second-order valence-corrected chi connectivity index (χ2v) is 11.0. The number of Topliss-reactive ketones (excluding diaryl/α,β-unsaturated/α-hetero) is 1. The normalized spacial score (nSPS) is 26.0. The van der Waals surface area contributed by atoms with Crippen molar-refractivity contribution in [1.29, 1.82) is 0 Å². The van der Waals surface area contributed by atoms with Gasteiger partial charge in [0, 0.05) is 19.4 Å². The fourth-order valence-corrected chi connectivity index (χ4v) is 5.14. The Hall–Kier alpha value is -2.99. The summed E-state index contributed by atoms with van der Waals surface area (Å²) in [6.45, 7) is 5.01. The van der Waals surface area contributed by atoms with Crippen LogP contribution in [0.5, 0.6) is 0 Å². The first-order valence-corrected chi connectivity index (χ1v) is 14.1. The minimum atomic E-state index is -1.39. The molecular formula is C29H43FN4O6S. The van der Waals surface area contributed by atoms with E-state index in [2.05, 4.69) is 16.0 Å². The average Bonchev–Trinajstić information content (AvgIpc) is 3.41. The van der Waals surface area contributed by atoms with E-state index >= 15 is 0 Å². The maximum atomic E-state index is 14.5. The van der Waals surface area contributed by atoms with Crippen LogP contribution in [0.4, 0.5) is 4.39 Å². The van der Waals surface area contributed by atoms with Crippen LogP contribution in [0.3, 0.4) is 0 Å². The fraction of sp³-hybridized carbons (Fsp3) is 0.621. The van der Waals surface area contributed by atoms with Gasteiger partial charge in [-0.25, -0.2) is 4.39 Å². The Morgan fingerprint density at radius 2 is 1.80 bits per heavy atom. The molecule has 2 saturated heterocycles. The van der Waals surface area contributed by atoms with Crippen molar-refractivity contribution in [2.75, 3.05) is 6.54 Å². The number of hydrogen-bond acceptors (Lipinski definition) is 6. The van der Waals surface area contributed by atoms with Crippen LogP contribution < -0.4 is 16.0 Å². The molecule has 10 nitrogen and oxygen atoms in total. The van der Waals surface area contributed by atoms with Crippen LogP contribution in [-0.4, -0.2) is 75.7 Å². The highest BCUT2D eigenvalue weighted by Crippen LogP contribution is 2.22. The Morgan fingerprint density at radius 1 is 1.10 bits per heavy atom. The third kappa shape index (κ3) is 8.75. The number of carbonyl (C=O) groups excluding carboxylic acids is 5. The molecule has 4 amide bonds. The molecule has 0 aromatic heterocycles. The van der Waals surface area contributed by atoms with Gasteiger partial charge in [-0.1, -0.05) is 38.0 Å². The number of halogens is 1.